The van der Waals surface area contributed by atoms with Crippen molar-refractivity contribution in [3.63, 3.8) is 0 Å². The third kappa shape index (κ3) is 3.75. The highest BCUT2D eigenvalue weighted by atomic mass is 16.2. The van der Waals surface area contributed by atoms with Gasteiger partial charge in [-0.05, 0) is 43.7 Å². The van der Waals surface area contributed by atoms with Gasteiger partial charge in [-0.2, -0.15) is 0 Å². The van der Waals surface area contributed by atoms with E-state index in [0.717, 1.165) is 5.56 Å². The van der Waals surface area contributed by atoms with Gasteiger partial charge in [0, 0.05) is 11.4 Å². The molecule has 1 unspecified atom stereocenters. The minimum Gasteiger partial charge on any atom is -0.399 e. The van der Waals surface area contributed by atoms with E-state index in [2.05, 4.69) is 10.6 Å². The van der Waals surface area contributed by atoms with E-state index >= 15 is 0 Å². The standard InChI is InChI=1S/C16H19N3O/c1-11-3-5-13(6-4-11)12(2)18-16(20)19-15-9-7-14(17)8-10-15/h3-10,12H,17H2,1-2H3,(H2,18,19,20). The molecule has 2 aromatic rings. The van der Waals surface area contributed by atoms with Gasteiger partial charge in [0.15, 0.2) is 0 Å². The number of hydrogen-bond acceptors (Lipinski definition) is 2. The van der Waals surface area contributed by atoms with Crippen LogP contribution in [0.5, 0.6) is 0 Å². The van der Waals surface area contributed by atoms with Crippen molar-refractivity contribution < 1.29 is 4.79 Å². The van der Waals surface area contributed by atoms with Crippen LogP contribution in [0, 0.1) is 6.92 Å². The van der Waals surface area contributed by atoms with Crippen molar-refractivity contribution in [2.45, 2.75) is 19.9 Å². The number of aryl methyl sites for hydroxylation is 1. The van der Waals surface area contributed by atoms with Gasteiger partial charge in [0.05, 0.1) is 6.04 Å². The number of hydrogen-bond donors (Lipinski definition) is 3. The van der Waals surface area contributed by atoms with Crippen molar-refractivity contribution in [3.8, 4) is 0 Å². The molecule has 0 fully saturated rings. The molecule has 0 heterocycles. The summed E-state index contributed by atoms with van der Waals surface area (Å²) in [5.41, 5.74) is 9.26. The van der Waals surface area contributed by atoms with E-state index in [1.165, 1.54) is 5.56 Å². The van der Waals surface area contributed by atoms with Crippen LogP contribution in [0.1, 0.15) is 24.1 Å². The van der Waals surface area contributed by atoms with Crippen LogP contribution in [0.25, 0.3) is 0 Å². The SMILES string of the molecule is Cc1ccc(C(C)NC(=O)Nc2ccc(N)cc2)cc1. The Morgan fingerprint density at radius 1 is 1.05 bits per heavy atom. The number of nitrogens with one attached hydrogen (secondary N) is 2. The Balaban J connectivity index is 1.93. The molecule has 1 atom stereocenters. The highest BCUT2D eigenvalue weighted by Crippen LogP contribution is 2.14. The zero-order valence-corrected chi connectivity index (χ0v) is 11.7. The molecule has 4 nitrogen and oxygen atoms in total. The maximum atomic E-state index is 11.9. The molecule has 0 saturated heterocycles. The van der Waals surface area contributed by atoms with Crippen molar-refractivity contribution in [2.24, 2.45) is 0 Å². The number of carbonyl (C=O) groups is 1. The maximum absolute atomic E-state index is 11.9. The molecule has 20 heavy (non-hydrogen) atoms. The first-order valence-electron chi connectivity index (χ1n) is 6.54. The summed E-state index contributed by atoms with van der Waals surface area (Å²) < 4.78 is 0. The fourth-order valence-corrected chi connectivity index (χ4v) is 1.87. The largest absolute Gasteiger partial charge is 0.399 e. The number of nitrogen functional groups attached to an aromatic ring is 1. The van der Waals surface area contributed by atoms with Gasteiger partial charge in [-0.1, -0.05) is 29.8 Å². The van der Waals surface area contributed by atoms with E-state index in [9.17, 15) is 4.79 Å². The lowest BCUT2D eigenvalue weighted by atomic mass is 10.1. The van der Waals surface area contributed by atoms with Crippen LogP contribution in [0.3, 0.4) is 0 Å². The third-order valence-corrected chi connectivity index (χ3v) is 3.09. The molecular formula is C16H19N3O. The van der Waals surface area contributed by atoms with Gasteiger partial charge in [0.25, 0.3) is 0 Å². The summed E-state index contributed by atoms with van der Waals surface area (Å²) in [7, 11) is 0. The van der Waals surface area contributed by atoms with Gasteiger partial charge in [0.1, 0.15) is 0 Å². The normalized spacial score (nSPS) is 11.7. The van der Waals surface area contributed by atoms with Gasteiger partial charge in [-0.15, -0.1) is 0 Å². The molecule has 2 amide bonds. The Morgan fingerprint density at radius 3 is 2.25 bits per heavy atom. The van der Waals surface area contributed by atoms with E-state index in [-0.39, 0.29) is 12.1 Å². The molecule has 0 aromatic heterocycles. The maximum Gasteiger partial charge on any atom is 0.319 e. The van der Waals surface area contributed by atoms with Gasteiger partial charge in [-0.3, -0.25) is 0 Å². The second-order valence-corrected chi connectivity index (χ2v) is 4.85. The molecule has 0 saturated carbocycles. The Kier molecular flexibility index (Phi) is 4.25. The first kappa shape index (κ1) is 13.9. The van der Waals surface area contributed by atoms with Crippen LogP contribution in [-0.4, -0.2) is 6.03 Å². The highest BCUT2D eigenvalue weighted by Gasteiger charge is 2.09. The van der Waals surface area contributed by atoms with Crippen LogP contribution in [0.2, 0.25) is 0 Å². The average Bonchev–Trinajstić information content (AvgIpc) is 2.42. The van der Waals surface area contributed by atoms with Crippen LogP contribution < -0.4 is 16.4 Å². The monoisotopic (exact) mass is 269 g/mol. The van der Waals surface area contributed by atoms with Crippen molar-refractivity contribution in [3.05, 3.63) is 59.7 Å². The van der Waals surface area contributed by atoms with Crippen LogP contribution in [-0.2, 0) is 0 Å². The molecule has 2 aromatic carbocycles. The van der Waals surface area contributed by atoms with Crippen molar-refractivity contribution in [1.29, 1.82) is 0 Å². The molecule has 0 aliphatic rings. The number of nitrogens with two attached hydrogens (primary N) is 1. The molecule has 0 spiro atoms. The lowest BCUT2D eigenvalue weighted by Crippen LogP contribution is -2.31. The van der Waals surface area contributed by atoms with E-state index < -0.39 is 0 Å². The fourth-order valence-electron chi connectivity index (χ4n) is 1.87. The third-order valence-electron chi connectivity index (χ3n) is 3.09. The minimum absolute atomic E-state index is 0.0515. The quantitative estimate of drug-likeness (QED) is 0.747. The number of urea groups is 1. The molecule has 104 valence electrons. The summed E-state index contributed by atoms with van der Waals surface area (Å²) in [6, 6.07) is 14.9. The molecule has 2 rings (SSSR count). The van der Waals surface area contributed by atoms with E-state index in [4.69, 9.17) is 5.73 Å². The molecule has 0 aliphatic carbocycles. The lowest BCUT2D eigenvalue weighted by molar-refractivity contribution is 0.249. The first-order chi connectivity index (χ1) is 9.54. The molecule has 0 bridgehead atoms. The minimum atomic E-state index is -0.233. The average molecular weight is 269 g/mol. The number of rotatable bonds is 3. The second-order valence-electron chi connectivity index (χ2n) is 4.85. The highest BCUT2D eigenvalue weighted by molar-refractivity contribution is 5.89. The number of anilines is 2. The summed E-state index contributed by atoms with van der Waals surface area (Å²) in [5.74, 6) is 0. The molecule has 0 radical (unpaired) electrons. The smallest absolute Gasteiger partial charge is 0.319 e. The molecule has 4 N–H and O–H groups in total. The topological polar surface area (TPSA) is 67.2 Å². The molecule has 0 aliphatic heterocycles. The number of amides is 2. The van der Waals surface area contributed by atoms with Gasteiger partial charge in [0.2, 0.25) is 0 Å². The Morgan fingerprint density at radius 2 is 1.65 bits per heavy atom. The number of benzene rings is 2. The zero-order valence-electron chi connectivity index (χ0n) is 11.7. The Labute approximate surface area is 119 Å². The van der Waals surface area contributed by atoms with Crippen LogP contribution in [0.15, 0.2) is 48.5 Å². The van der Waals surface area contributed by atoms with E-state index in [1.807, 2.05) is 38.1 Å². The summed E-state index contributed by atoms with van der Waals surface area (Å²) in [5, 5.41) is 5.67. The summed E-state index contributed by atoms with van der Waals surface area (Å²) in [6.07, 6.45) is 0. The predicted molar refractivity (Wildman–Crippen MR) is 82.6 cm³/mol. The summed E-state index contributed by atoms with van der Waals surface area (Å²) in [4.78, 5) is 11.9. The molecular weight excluding hydrogens is 250 g/mol. The van der Waals surface area contributed by atoms with Gasteiger partial charge in [-0.25, -0.2) is 4.79 Å². The Hall–Kier alpha value is -2.49. The van der Waals surface area contributed by atoms with Crippen molar-refractivity contribution in [2.75, 3.05) is 11.1 Å². The Bertz CT molecular complexity index is 576. The van der Waals surface area contributed by atoms with Gasteiger partial charge < -0.3 is 16.4 Å². The zero-order chi connectivity index (χ0) is 14.5. The van der Waals surface area contributed by atoms with Crippen LogP contribution >= 0.6 is 0 Å². The number of carbonyl (C=O) groups excluding carboxylic acids is 1. The summed E-state index contributed by atoms with van der Waals surface area (Å²) in [6.45, 7) is 3.99. The van der Waals surface area contributed by atoms with Crippen molar-refractivity contribution in [1.82, 2.24) is 5.32 Å². The summed E-state index contributed by atoms with van der Waals surface area (Å²) >= 11 is 0. The first-order valence-corrected chi connectivity index (χ1v) is 6.54. The molecule has 4 heteroatoms. The second kappa shape index (κ2) is 6.10. The fraction of sp³-hybridized carbons (Fsp3) is 0.188. The van der Waals surface area contributed by atoms with Crippen LogP contribution in [0.4, 0.5) is 16.2 Å². The van der Waals surface area contributed by atoms with Gasteiger partial charge >= 0.3 is 6.03 Å². The van der Waals surface area contributed by atoms with E-state index in [1.54, 1.807) is 24.3 Å². The van der Waals surface area contributed by atoms with E-state index in [0.29, 0.717) is 11.4 Å². The van der Waals surface area contributed by atoms with Crippen molar-refractivity contribution >= 4 is 17.4 Å². The lowest BCUT2D eigenvalue weighted by Gasteiger charge is -2.15. The predicted octanol–water partition coefficient (Wildman–Crippen LogP) is 3.46.